The van der Waals surface area contributed by atoms with Gasteiger partial charge in [0.15, 0.2) is 0 Å². The highest BCUT2D eigenvalue weighted by Gasteiger charge is 2.36. The monoisotopic (exact) mass is 887 g/mol. The van der Waals surface area contributed by atoms with Gasteiger partial charge in [0.25, 0.3) is 21.6 Å². The van der Waals surface area contributed by atoms with Gasteiger partial charge in [-0.15, -0.1) is 11.3 Å². The Morgan fingerprint density at radius 3 is 2.38 bits per heavy atom. The average molecular weight is 888 g/mol. The number of anilines is 2. The maximum Gasteiger partial charge on any atom is 0.293 e. The normalized spacial score (nSPS) is 19.4. The van der Waals surface area contributed by atoms with Crippen LogP contribution in [0.15, 0.2) is 114 Å². The summed E-state index contributed by atoms with van der Waals surface area (Å²) in [6, 6.07) is 32.5. The van der Waals surface area contributed by atoms with Crippen LogP contribution in [0.2, 0.25) is 0 Å². The molecule has 328 valence electrons. The number of para-hydroxylation sites is 1. The van der Waals surface area contributed by atoms with E-state index < -0.39 is 31.4 Å². The number of hydrogen-bond acceptors (Lipinski definition) is 11. The summed E-state index contributed by atoms with van der Waals surface area (Å²) in [5.41, 5.74) is 4.51. The summed E-state index contributed by atoms with van der Waals surface area (Å²) < 4.78 is 41.0. The lowest BCUT2D eigenvalue weighted by atomic mass is 9.97. The van der Waals surface area contributed by atoms with E-state index in [1.54, 1.807) is 30.3 Å². The molecule has 12 nitrogen and oxygen atoms in total. The third kappa shape index (κ3) is 9.99. The quantitative estimate of drug-likeness (QED) is 0.0817. The third-order valence-electron chi connectivity index (χ3n) is 13.0. The Labute approximate surface area is 373 Å². The van der Waals surface area contributed by atoms with E-state index in [1.165, 1.54) is 70.7 Å². The number of ether oxygens (including phenoxy) is 2. The second-order valence-electron chi connectivity index (χ2n) is 17.0. The number of carbonyl (C=O) groups excluding carboxylic acids is 1. The molecule has 4 fully saturated rings. The molecule has 4 aliphatic rings. The van der Waals surface area contributed by atoms with Gasteiger partial charge in [-0.2, -0.15) is 0 Å². The van der Waals surface area contributed by atoms with Crippen molar-refractivity contribution in [2.75, 3.05) is 43.1 Å². The van der Waals surface area contributed by atoms with Gasteiger partial charge in [-0.05, 0) is 117 Å². The van der Waals surface area contributed by atoms with Crippen molar-refractivity contribution in [3.8, 4) is 21.9 Å². The number of rotatable bonds is 14. The van der Waals surface area contributed by atoms with Crippen LogP contribution in [-0.2, 0) is 21.3 Å². The minimum Gasteiger partial charge on any atom is -0.456 e. The molecule has 0 saturated carbocycles. The molecule has 5 heterocycles. The molecule has 63 heavy (non-hydrogen) atoms. The van der Waals surface area contributed by atoms with Gasteiger partial charge in [-0.3, -0.25) is 19.8 Å². The van der Waals surface area contributed by atoms with Gasteiger partial charge in [0.1, 0.15) is 17.2 Å². The summed E-state index contributed by atoms with van der Waals surface area (Å²) in [7, 11) is -4.52. The Hall–Kier alpha value is -5.54. The standard InChI is InChI=1S/C49H53N5O7S2/c55-49(51-63(58,59)42-17-19-45(46(31-42)54(56)57)50-32-35-23-27-60-28-24-35)44-18-15-39(30-47(44)61-40-10-2-1-3-11-40)52-25-21-34(22-26-52)29-36-7-4-5-12-43(36)48-20-16-41(62-48)33-53-37-8-6-9-38(53)14-13-37/h1-5,7,10-12,15-20,29-31,35,37-38,50H,6,8-9,13-14,21-28,32-33H2,(H,51,55)/t37-,38+. The van der Waals surface area contributed by atoms with E-state index in [4.69, 9.17) is 9.47 Å². The fourth-order valence-electron chi connectivity index (χ4n) is 9.55. The Balaban J connectivity index is 0.887. The molecule has 2 atom stereocenters. The van der Waals surface area contributed by atoms with Gasteiger partial charge in [0.2, 0.25) is 0 Å². The maximum absolute atomic E-state index is 13.8. The van der Waals surface area contributed by atoms with Crippen LogP contribution >= 0.6 is 11.3 Å². The van der Waals surface area contributed by atoms with Crippen LogP contribution in [-0.4, -0.2) is 69.1 Å². The second kappa shape index (κ2) is 19.1. The number of sulfonamides is 1. The predicted octanol–water partition coefficient (Wildman–Crippen LogP) is 10.3. The lowest BCUT2D eigenvalue weighted by Crippen LogP contribution is -2.38. The highest BCUT2D eigenvalue weighted by molar-refractivity contribution is 7.90. The molecule has 4 aliphatic heterocycles. The Morgan fingerprint density at radius 2 is 1.62 bits per heavy atom. The molecular weight excluding hydrogens is 835 g/mol. The topological polar surface area (TPSA) is 143 Å². The number of fused-ring (bicyclic) bond motifs is 2. The molecular formula is C49H53N5O7S2. The molecule has 4 aromatic carbocycles. The number of benzene rings is 4. The second-order valence-corrected chi connectivity index (χ2v) is 19.9. The number of nitrogens with zero attached hydrogens (tertiary/aromatic N) is 3. The minimum absolute atomic E-state index is 0.00430. The number of amides is 1. The minimum atomic E-state index is -4.52. The molecule has 1 amide bonds. The van der Waals surface area contributed by atoms with Gasteiger partial charge in [-0.25, -0.2) is 13.1 Å². The fraction of sp³-hybridized carbons (Fsp3) is 0.367. The van der Waals surface area contributed by atoms with E-state index in [2.05, 4.69) is 62.3 Å². The van der Waals surface area contributed by atoms with Crippen molar-refractivity contribution in [3.63, 3.8) is 0 Å². The molecule has 0 spiro atoms. The van der Waals surface area contributed by atoms with E-state index in [1.807, 2.05) is 29.5 Å². The van der Waals surface area contributed by atoms with Gasteiger partial charge >= 0.3 is 0 Å². The zero-order valence-corrected chi connectivity index (χ0v) is 36.9. The number of nitrogens with one attached hydrogen (secondary N) is 2. The molecule has 2 bridgehead atoms. The molecule has 0 aliphatic carbocycles. The summed E-state index contributed by atoms with van der Waals surface area (Å²) in [4.78, 5) is 32.6. The van der Waals surface area contributed by atoms with Gasteiger partial charge in [-0.1, -0.05) is 60.5 Å². The van der Waals surface area contributed by atoms with Crippen LogP contribution in [0.4, 0.5) is 17.1 Å². The van der Waals surface area contributed by atoms with Crippen molar-refractivity contribution >= 4 is 50.4 Å². The van der Waals surface area contributed by atoms with Crippen LogP contribution in [0.1, 0.15) is 78.6 Å². The summed E-state index contributed by atoms with van der Waals surface area (Å²) in [6.07, 6.45) is 12.5. The van der Waals surface area contributed by atoms with Crippen LogP contribution in [0.5, 0.6) is 11.5 Å². The zero-order valence-electron chi connectivity index (χ0n) is 35.2. The highest BCUT2D eigenvalue weighted by atomic mass is 32.2. The first kappa shape index (κ1) is 42.7. The third-order valence-corrected chi connectivity index (χ3v) is 15.4. The molecule has 5 aromatic rings. The van der Waals surface area contributed by atoms with Gasteiger partial charge < -0.3 is 19.7 Å². The van der Waals surface area contributed by atoms with Gasteiger partial charge in [0.05, 0.1) is 15.4 Å². The first-order valence-corrected chi connectivity index (χ1v) is 24.4. The van der Waals surface area contributed by atoms with Crippen molar-refractivity contribution in [3.05, 3.63) is 135 Å². The molecule has 0 radical (unpaired) electrons. The first-order chi connectivity index (χ1) is 30.7. The van der Waals surface area contributed by atoms with Crippen molar-refractivity contribution < 1.29 is 27.6 Å². The Bertz CT molecular complexity index is 2570. The number of nitro groups is 1. The van der Waals surface area contributed by atoms with Crippen LogP contribution in [0.3, 0.4) is 0 Å². The first-order valence-electron chi connectivity index (χ1n) is 22.1. The van der Waals surface area contributed by atoms with Crippen molar-refractivity contribution in [2.24, 2.45) is 5.92 Å². The van der Waals surface area contributed by atoms with E-state index in [-0.39, 0.29) is 22.9 Å². The number of hydrogen-bond donors (Lipinski definition) is 2. The predicted molar refractivity (Wildman–Crippen MR) is 248 cm³/mol. The average Bonchev–Trinajstić information content (AvgIpc) is 3.84. The van der Waals surface area contributed by atoms with Crippen molar-refractivity contribution in [1.82, 2.24) is 9.62 Å². The van der Waals surface area contributed by atoms with E-state index in [0.717, 1.165) is 69.2 Å². The summed E-state index contributed by atoms with van der Waals surface area (Å²) >= 11 is 1.92. The number of piperidine rings is 2. The van der Waals surface area contributed by atoms with E-state index in [0.29, 0.717) is 25.5 Å². The van der Waals surface area contributed by atoms with Crippen LogP contribution in [0, 0.1) is 16.0 Å². The van der Waals surface area contributed by atoms with Crippen molar-refractivity contribution in [1.29, 1.82) is 0 Å². The molecule has 1 aromatic heterocycles. The summed E-state index contributed by atoms with van der Waals surface area (Å²) in [6.45, 7) is 4.31. The van der Waals surface area contributed by atoms with Crippen LogP contribution < -0.4 is 19.7 Å². The molecule has 2 N–H and O–H groups in total. The Kier molecular flexibility index (Phi) is 12.9. The lowest BCUT2D eigenvalue weighted by Gasteiger charge is -2.34. The number of thiophene rings is 1. The SMILES string of the molecule is O=C(NS(=O)(=O)c1ccc(NCC2CCOCC2)c([N+](=O)[O-])c1)c1ccc(N2CCC(=Cc3ccccc3-c3ccc(CN4[C@@H]5CCC[C@H]4CC5)s3)CC2)cc1Oc1ccccc1. The number of nitro benzene ring substituents is 1. The van der Waals surface area contributed by atoms with Crippen LogP contribution in [0.25, 0.3) is 16.5 Å². The van der Waals surface area contributed by atoms with E-state index >= 15 is 0 Å². The highest BCUT2D eigenvalue weighted by Crippen LogP contribution is 2.40. The molecule has 14 heteroatoms. The molecule has 4 saturated heterocycles. The number of carbonyl (C=O) groups is 1. The largest absolute Gasteiger partial charge is 0.456 e. The van der Waals surface area contributed by atoms with E-state index in [9.17, 15) is 23.3 Å². The maximum atomic E-state index is 13.8. The summed E-state index contributed by atoms with van der Waals surface area (Å²) in [5.74, 6) is 0.0244. The Morgan fingerprint density at radius 1 is 0.873 bits per heavy atom. The fourth-order valence-corrected chi connectivity index (χ4v) is 11.6. The van der Waals surface area contributed by atoms with Gasteiger partial charge in [0, 0.05) is 79.1 Å². The molecule has 9 rings (SSSR count). The lowest BCUT2D eigenvalue weighted by molar-refractivity contribution is -0.384. The van der Waals surface area contributed by atoms with Crippen molar-refractivity contribution in [2.45, 2.75) is 81.3 Å². The zero-order chi connectivity index (χ0) is 43.3. The smallest absolute Gasteiger partial charge is 0.293 e. The summed E-state index contributed by atoms with van der Waals surface area (Å²) in [5, 5.41) is 15.2. The molecule has 0 unspecified atom stereocenters.